The van der Waals surface area contributed by atoms with E-state index in [-0.39, 0.29) is 6.03 Å². The fourth-order valence-corrected chi connectivity index (χ4v) is 3.12. The number of carbonyl (C=O) groups excluding carboxylic acids is 1. The van der Waals surface area contributed by atoms with E-state index in [1.54, 1.807) is 19.3 Å². The van der Waals surface area contributed by atoms with Crippen LogP contribution in [0.15, 0.2) is 29.0 Å². The van der Waals surface area contributed by atoms with Crippen LogP contribution in [0.1, 0.15) is 31.0 Å². The number of carbonyl (C=O) groups is 1. The SMILES string of the molecule is Cc1nc(CN(C)[C@@H]2CCCN(C(=O)Nc3cccnc3)CC2)no1. The molecule has 8 heteroatoms. The first-order valence-electron chi connectivity index (χ1n) is 8.57. The largest absolute Gasteiger partial charge is 0.340 e. The maximum Gasteiger partial charge on any atom is 0.321 e. The van der Waals surface area contributed by atoms with Crippen LogP contribution in [0.5, 0.6) is 0 Å². The second kappa shape index (κ2) is 8.06. The molecule has 1 saturated heterocycles. The van der Waals surface area contributed by atoms with Crippen LogP contribution in [0.4, 0.5) is 10.5 Å². The fraction of sp³-hybridized carbons (Fsp3) is 0.529. The van der Waals surface area contributed by atoms with Gasteiger partial charge in [0.25, 0.3) is 0 Å². The lowest BCUT2D eigenvalue weighted by molar-refractivity contribution is 0.197. The van der Waals surface area contributed by atoms with Crippen LogP contribution in [0.3, 0.4) is 0 Å². The van der Waals surface area contributed by atoms with Crippen molar-refractivity contribution >= 4 is 11.7 Å². The number of pyridine rings is 1. The highest BCUT2D eigenvalue weighted by Crippen LogP contribution is 2.18. The quantitative estimate of drug-likeness (QED) is 0.916. The van der Waals surface area contributed by atoms with Crippen molar-refractivity contribution in [2.24, 2.45) is 0 Å². The molecular weight excluding hydrogens is 320 g/mol. The second-order valence-electron chi connectivity index (χ2n) is 6.39. The first-order chi connectivity index (χ1) is 12.1. The molecule has 0 radical (unpaired) electrons. The third-order valence-corrected chi connectivity index (χ3v) is 4.48. The molecule has 2 amide bonds. The smallest absolute Gasteiger partial charge is 0.321 e. The Morgan fingerprint density at radius 3 is 3.04 bits per heavy atom. The number of hydrogen-bond donors (Lipinski definition) is 1. The Morgan fingerprint density at radius 2 is 2.32 bits per heavy atom. The van der Waals surface area contributed by atoms with E-state index in [1.807, 2.05) is 17.0 Å². The summed E-state index contributed by atoms with van der Waals surface area (Å²) in [5.74, 6) is 1.29. The molecule has 1 aliphatic rings. The van der Waals surface area contributed by atoms with E-state index >= 15 is 0 Å². The van der Waals surface area contributed by atoms with Gasteiger partial charge in [-0.15, -0.1) is 0 Å². The molecule has 1 fully saturated rings. The Morgan fingerprint density at radius 1 is 1.44 bits per heavy atom. The minimum atomic E-state index is -0.0647. The van der Waals surface area contributed by atoms with E-state index in [0.29, 0.717) is 24.3 Å². The number of rotatable bonds is 4. The Hall–Kier alpha value is -2.48. The Labute approximate surface area is 147 Å². The van der Waals surface area contributed by atoms with E-state index in [0.717, 1.165) is 38.0 Å². The predicted octanol–water partition coefficient (Wildman–Crippen LogP) is 2.29. The average Bonchev–Trinajstić information content (AvgIpc) is 2.86. The van der Waals surface area contributed by atoms with E-state index < -0.39 is 0 Å². The van der Waals surface area contributed by atoms with Crippen molar-refractivity contribution in [2.75, 3.05) is 25.5 Å². The van der Waals surface area contributed by atoms with Crippen LogP contribution in [0.25, 0.3) is 0 Å². The van der Waals surface area contributed by atoms with Gasteiger partial charge in [0.1, 0.15) is 0 Å². The summed E-state index contributed by atoms with van der Waals surface area (Å²) in [6.07, 6.45) is 6.28. The normalized spacial score (nSPS) is 18.2. The van der Waals surface area contributed by atoms with Gasteiger partial charge in [0, 0.05) is 32.3 Å². The second-order valence-corrected chi connectivity index (χ2v) is 6.39. The summed E-state index contributed by atoms with van der Waals surface area (Å²) >= 11 is 0. The summed E-state index contributed by atoms with van der Waals surface area (Å²) < 4.78 is 5.03. The molecule has 2 aromatic rings. The van der Waals surface area contributed by atoms with Crippen molar-refractivity contribution < 1.29 is 9.32 Å². The van der Waals surface area contributed by atoms with Crippen molar-refractivity contribution in [3.63, 3.8) is 0 Å². The summed E-state index contributed by atoms with van der Waals surface area (Å²) in [5.41, 5.74) is 0.720. The molecule has 2 aromatic heterocycles. The lowest BCUT2D eigenvalue weighted by Crippen LogP contribution is -2.37. The molecule has 0 unspecified atom stereocenters. The summed E-state index contributed by atoms with van der Waals surface area (Å²) in [6.45, 7) is 3.94. The molecular formula is C17H24N6O2. The van der Waals surface area contributed by atoms with Crippen LogP contribution < -0.4 is 5.32 Å². The van der Waals surface area contributed by atoms with Gasteiger partial charge in [0.15, 0.2) is 5.82 Å². The molecule has 1 N–H and O–H groups in total. The van der Waals surface area contributed by atoms with Crippen molar-refractivity contribution in [3.05, 3.63) is 36.2 Å². The topological polar surface area (TPSA) is 87.4 Å². The zero-order chi connectivity index (χ0) is 17.6. The van der Waals surface area contributed by atoms with E-state index in [1.165, 1.54) is 0 Å². The Bertz CT molecular complexity index is 689. The molecule has 3 heterocycles. The van der Waals surface area contributed by atoms with Crippen molar-refractivity contribution in [2.45, 2.75) is 38.8 Å². The first kappa shape index (κ1) is 17.3. The maximum absolute atomic E-state index is 12.4. The van der Waals surface area contributed by atoms with Gasteiger partial charge >= 0.3 is 6.03 Å². The minimum absolute atomic E-state index is 0.0647. The molecule has 0 aromatic carbocycles. The number of amides is 2. The highest BCUT2D eigenvalue weighted by atomic mass is 16.5. The molecule has 0 bridgehead atoms. The summed E-state index contributed by atoms with van der Waals surface area (Å²) in [5, 5.41) is 6.86. The van der Waals surface area contributed by atoms with Gasteiger partial charge in [-0.05, 0) is 38.4 Å². The number of likely N-dealkylation sites (tertiary alicyclic amines) is 1. The number of anilines is 1. The highest BCUT2D eigenvalue weighted by Gasteiger charge is 2.24. The standard InChI is InChI=1S/C17H24N6O2/c1-13-19-16(21-25-13)12-22(2)15-6-4-9-23(10-7-15)17(24)20-14-5-3-8-18-11-14/h3,5,8,11,15H,4,6-7,9-10,12H2,1-2H3,(H,20,24)/t15-/m1/s1. The predicted molar refractivity (Wildman–Crippen MR) is 93.0 cm³/mol. The van der Waals surface area contributed by atoms with Crippen molar-refractivity contribution in [3.8, 4) is 0 Å². The molecule has 1 aliphatic heterocycles. The number of aromatic nitrogens is 3. The highest BCUT2D eigenvalue weighted by molar-refractivity contribution is 5.89. The molecule has 0 saturated carbocycles. The lowest BCUT2D eigenvalue weighted by Gasteiger charge is -2.26. The van der Waals surface area contributed by atoms with Crippen LogP contribution in [0.2, 0.25) is 0 Å². The zero-order valence-corrected chi connectivity index (χ0v) is 14.7. The molecule has 0 spiro atoms. The number of urea groups is 1. The van der Waals surface area contributed by atoms with E-state index in [2.05, 4.69) is 32.4 Å². The van der Waals surface area contributed by atoms with E-state index in [9.17, 15) is 4.79 Å². The lowest BCUT2D eigenvalue weighted by atomic mass is 10.1. The Balaban J connectivity index is 1.52. The van der Waals surface area contributed by atoms with E-state index in [4.69, 9.17) is 4.52 Å². The molecule has 25 heavy (non-hydrogen) atoms. The van der Waals surface area contributed by atoms with Gasteiger partial charge in [-0.3, -0.25) is 9.88 Å². The van der Waals surface area contributed by atoms with Gasteiger partial charge in [-0.25, -0.2) is 4.79 Å². The third-order valence-electron chi connectivity index (χ3n) is 4.48. The maximum atomic E-state index is 12.4. The number of nitrogens with zero attached hydrogens (tertiary/aromatic N) is 5. The first-order valence-corrected chi connectivity index (χ1v) is 8.57. The number of aryl methyl sites for hydroxylation is 1. The number of nitrogens with one attached hydrogen (secondary N) is 1. The van der Waals surface area contributed by atoms with Gasteiger partial charge in [0.2, 0.25) is 5.89 Å². The summed E-state index contributed by atoms with van der Waals surface area (Å²) in [6, 6.07) is 3.98. The Kier molecular flexibility index (Phi) is 5.60. The third kappa shape index (κ3) is 4.76. The molecule has 1 atom stereocenters. The summed E-state index contributed by atoms with van der Waals surface area (Å²) in [4.78, 5) is 24.8. The molecule has 3 rings (SSSR count). The zero-order valence-electron chi connectivity index (χ0n) is 14.7. The fourth-order valence-electron chi connectivity index (χ4n) is 3.12. The van der Waals surface area contributed by atoms with Gasteiger partial charge in [-0.2, -0.15) is 4.98 Å². The van der Waals surface area contributed by atoms with Crippen LogP contribution >= 0.6 is 0 Å². The van der Waals surface area contributed by atoms with Crippen LogP contribution in [-0.4, -0.2) is 57.1 Å². The van der Waals surface area contributed by atoms with Crippen molar-refractivity contribution in [1.82, 2.24) is 24.9 Å². The van der Waals surface area contributed by atoms with Crippen LogP contribution in [0, 0.1) is 6.92 Å². The number of hydrogen-bond acceptors (Lipinski definition) is 6. The van der Waals surface area contributed by atoms with Gasteiger partial charge < -0.3 is 14.7 Å². The minimum Gasteiger partial charge on any atom is -0.340 e. The summed E-state index contributed by atoms with van der Waals surface area (Å²) in [7, 11) is 2.07. The average molecular weight is 344 g/mol. The molecule has 8 nitrogen and oxygen atoms in total. The van der Waals surface area contributed by atoms with Crippen LogP contribution in [-0.2, 0) is 6.54 Å². The van der Waals surface area contributed by atoms with Gasteiger partial charge in [0.05, 0.1) is 18.4 Å². The van der Waals surface area contributed by atoms with Gasteiger partial charge in [-0.1, -0.05) is 5.16 Å². The molecule has 0 aliphatic carbocycles. The van der Waals surface area contributed by atoms with Crippen molar-refractivity contribution in [1.29, 1.82) is 0 Å². The molecule has 134 valence electrons. The monoisotopic (exact) mass is 344 g/mol.